The maximum atomic E-state index is 11.0. The van der Waals surface area contributed by atoms with E-state index >= 15 is 0 Å². The van der Waals surface area contributed by atoms with Crippen LogP contribution in [0.25, 0.3) is 5.78 Å². The van der Waals surface area contributed by atoms with Crippen LogP contribution in [0, 0.1) is 0 Å². The largest absolute Gasteiger partial charge is 0.363 e. The summed E-state index contributed by atoms with van der Waals surface area (Å²) in [4.78, 5) is 19.0. The summed E-state index contributed by atoms with van der Waals surface area (Å²) in [7, 11) is 0. The number of nitrogens with one attached hydrogen (secondary N) is 1. The fourth-order valence-electron chi connectivity index (χ4n) is 1.45. The standard InChI is InChI=1S/C9H12N4O/c1-3-6-5-7(4-2)13-8(10-6)11-9(14)12-13/h5H,3-4H2,1-2H3,(H,12,14). The first-order valence-corrected chi connectivity index (χ1v) is 4.72. The first-order chi connectivity index (χ1) is 6.74. The lowest BCUT2D eigenvalue weighted by Crippen LogP contribution is -2.05. The molecule has 0 atom stereocenters. The number of rotatable bonds is 2. The molecule has 14 heavy (non-hydrogen) atoms. The molecule has 74 valence electrons. The second kappa shape index (κ2) is 3.25. The van der Waals surface area contributed by atoms with Crippen molar-refractivity contribution in [3.05, 3.63) is 27.9 Å². The first-order valence-electron chi connectivity index (χ1n) is 4.72. The maximum absolute atomic E-state index is 11.0. The number of hydrogen-bond donors (Lipinski definition) is 1. The smallest absolute Gasteiger partial charge is 0.244 e. The third kappa shape index (κ3) is 1.30. The Balaban J connectivity index is 2.79. The Morgan fingerprint density at radius 2 is 2.14 bits per heavy atom. The minimum atomic E-state index is -0.347. The van der Waals surface area contributed by atoms with Gasteiger partial charge >= 0.3 is 5.69 Å². The van der Waals surface area contributed by atoms with Crippen molar-refractivity contribution in [1.82, 2.24) is 19.6 Å². The molecule has 5 heteroatoms. The second-order valence-electron chi connectivity index (χ2n) is 3.11. The van der Waals surface area contributed by atoms with Crippen molar-refractivity contribution in [2.45, 2.75) is 26.7 Å². The topological polar surface area (TPSA) is 63.0 Å². The zero-order valence-corrected chi connectivity index (χ0v) is 8.24. The van der Waals surface area contributed by atoms with Crippen LogP contribution >= 0.6 is 0 Å². The summed E-state index contributed by atoms with van der Waals surface area (Å²) in [5, 5.41) is 2.62. The molecule has 0 bridgehead atoms. The van der Waals surface area contributed by atoms with Gasteiger partial charge in [-0.2, -0.15) is 4.98 Å². The Hall–Kier alpha value is -1.65. The summed E-state index contributed by atoms with van der Waals surface area (Å²) in [5.74, 6) is 0.464. The number of H-pyrrole nitrogens is 1. The van der Waals surface area contributed by atoms with Crippen molar-refractivity contribution in [1.29, 1.82) is 0 Å². The van der Waals surface area contributed by atoms with Gasteiger partial charge in [0, 0.05) is 11.4 Å². The summed E-state index contributed by atoms with van der Waals surface area (Å²) in [6, 6.07) is 1.99. The zero-order valence-electron chi connectivity index (χ0n) is 8.24. The molecule has 2 aromatic rings. The van der Waals surface area contributed by atoms with Crippen LogP contribution in [-0.4, -0.2) is 19.6 Å². The molecule has 0 aliphatic rings. The van der Waals surface area contributed by atoms with Gasteiger partial charge in [-0.15, -0.1) is 0 Å². The van der Waals surface area contributed by atoms with Crippen molar-refractivity contribution in [3.8, 4) is 0 Å². The summed E-state index contributed by atoms with van der Waals surface area (Å²) in [5.41, 5.74) is 1.65. The minimum absolute atomic E-state index is 0.347. The normalized spacial score (nSPS) is 11.0. The molecule has 0 aliphatic heterocycles. The SMILES string of the molecule is CCc1cc(CC)n2[nH]c(=O)nc2n1. The van der Waals surface area contributed by atoms with Crippen molar-refractivity contribution in [3.63, 3.8) is 0 Å². The second-order valence-corrected chi connectivity index (χ2v) is 3.11. The predicted molar refractivity (Wildman–Crippen MR) is 52.4 cm³/mol. The van der Waals surface area contributed by atoms with Crippen molar-refractivity contribution in [2.75, 3.05) is 0 Å². The predicted octanol–water partition coefficient (Wildman–Crippen LogP) is 0.542. The Kier molecular flexibility index (Phi) is 2.07. The average molecular weight is 192 g/mol. The fourth-order valence-corrected chi connectivity index (χ4v) is 1.45. The molecule has 0 amide bonds. The molecule has 0 saturated heterocycles. The molecule has 0 saturated carbocycles. The molecule has 5 nitrogen and oxygen atoms in total. The van der Waals surface area contributed by atoms with E-state index in [9.17, 15) is 4.79 Å². The Bertz CT molecular complexity index is 511. The van der Waals surface area contributed by atoms with Gasteiger partial charge in [0.05, 0.1) is 0 Å². The van der Waals surface area contributed by atoms with Gasteiger partial charge in [0.15, 0.2) is 0 Å². The molecule has 2 rings (SSSR count). The van der Waals surface area contributed by atoms with Gasteiger partial charge in [-0.1, -0.05) is 13.8 Å². The monoisotopic (exact) mass is 192 g/mol. The number of aromatic nitrogens is 4. The van der Waals surface area contributed by atoms with Gasteiger partial charge in [0.1, 0.15) is 0 Å². The number of aromatic amines is 1. The van der Waals surface area contributed by atoms with Crippen LogP contribution in [0.15, 0.2) is 10.9 Å². The van der Waals surface area contributed by atoms with Gasteiger partial charge < -0.3 is 0 Å². The van der Waals surface area contributed by atoms with Crippen molar-refractivity contribution < 1.29 is 0 Å². The highest BCUT2D eigenvalue weighted by atomic mass is 16.1. The van der Waals surface area contributed by atoms with E-state index < -0.39 is 0 Å². The highest BCUT2D eigenvalue weighted by Gasteiger charge is 2.05. The third-order valence-electron chi connectivity index (χ3n) is 2.20. The van der Waals surface area contributed by atoms with Gasteiger partial charge in [0.25, 0.3) is 5.78 Å². The summed E-state index contributed by atoms with van der Waals surface area (Å²) in [6.45, 7) is 4.07. The molecule has 0 aliphatic carbocycles. The molecular formula is C9H12N4O. The van der Waals surface area contributed by atoms with E-state index in [-0.39, 0.29) is 5.69 Å². The number of fused-ring (bicyclic) bond motifs is 1. The highest BCUT2D eigenvalue weighted by molar-refractivity contribution is 5.30. The first kappa shape index (κ1) is 8.93. The van der Waals surface area contributed by atoms with Crippen molar-refractivity contribution >= 4 is 5.78 Å². The summed E-state index contributed by atoms with van der Waals surface area (Å²) in [6.07, 6.45) is 1.70. The lowest BCUT2D eigenvalue weighted by atomic mass is 10.2. The Labute approximate surface area is 80.8 Å². The summed E-state index contributed by atoms with van der Waals surface area (Å²) >= 11 is 0. The molecule has 2 aromatic heterocycles. The molecule has 2 heterocycles. The lowest BCUT2D eigenvalue weighted by molar-refractivity contribution is 0.823. The molecule has 0 fully saturated rings. The molecule has 0 aromatic carbocycles. The molecular weight excluding hydrogens is 180 g/mol. The number of aryl methyl sites for hydroxylation is 2. The third-order valence-corrected chi connectivity index (χ3v) is 2.20. The quantitative estimate of drug-likeness (QED) is 0.755. The molecule has 0 radical (unpaired) electrons. The fraction of sp³-hybridized carbons (Fsp3) is 0.444. The highest BCUT2D eigenvalue weighted by Crippen LogP contribution is 2.05. The Morgan fingerprint density at radius 1 is 1.36 bits per heavy atom. The van der Waals surface area contributed by atoms with Crippen LogP contribution < -0.4 is 5.69 Å². The van der Waals surface area contributed by atoms with E-state index in [1.54, 1.807) is 4.52 Å². The Morgan fingerprint density at radius 3 is 2.79 bits per heavy atom. The minimum Gasteiger partial charge on any atom is -0.244 e. The summed E-state index contributed by atoms with van der Waals surface area (Å²) < 4.78 is 1.64. The van der Waals surface area contributed by atoms with Gasteiger partial charge in [-0.3, -0.25) is 0 Å². The molecule has 0 spiro atoms. The maximum Gasteiger partial charge on any atom is 0.363 e. The number of hydrogen-bond acceptors (Lipinski definition) is 3. The van der Waals surface area contributed by atoms with Crippen LogP contribution in [0.1, 0.15) is 25.2 Å². The van der Waals surface area contributed by atoms with E-state index in [2.05, 4.69) is 15.1 Å². The van der Waals surface area contributed by atoms with E-state index in [4.69, 9.17) is 0 Å². The van der Waals surface area contributed by atoms with Gasteiger partial charge in [0.2, 0.25) is 0 Å². The van der Waals surface area contributed by atoms with Gasteiger partial charge in [-0.25, -0.2) is 19.4 Å². The van der Waals surface area contributed by atoms with Crippen LogP contribution in [0.5, 0.6) is 0 Å². The van der Waals surface area contributed by atoms with Crippen LogP contribution in [0.2, 0.25) is 0 Å². The van der Waals surface area contributed by atoms with Crippen molar-refractivity contribution in [2.24, 2.45) is 0 Å². The van der Waals surface area contributed by atoms with Crippen LogP contribution in [0.4, 0.5) is 0 Å². The van der Waals surface area contributed by atoms with Gasteiger partial charge in [-0.05, 0) is 18.9 Å². The van der Waals surface area contributed by atoms with E-state index in [0.717, 1.165) is 24.2 Å². The van der Waals surface area contributed by atoms with E-state index in [1.807, 2.05) is 19.9 Å². The zero-order chi connectivity index (χ0) is 10.1. The average Bonchev–Trinajstić information content (AvgIpc) is 2.56. The molecule has 1 N–H and O–H groups in total. The van der Waals surface area contributed by atoms with Crippen LogP contribution in [-0.2, 0) is 12.8 Å². The lowest BCUT2D eigenvalue weighted by Gasteiger charge is -2.03. The van der Waals surface area contributed by atoms with Crippen LogP contribution in [0.3, 0.4) is 0 Å². The molecule has 0 unspecified atom stereocenters. The van der Waals surface area contributed by atoms with E-state index in [0.29, 0.717) is 5.78 Å². The number of nitrogens with zero attached hydrogens (tertiary/aromatic N) is 3. The van der Waals surface area contributed by atoms with E-state index in [1.165, 1.54) is 0 Å².